The molecule has 8 heteroatoms. The third kappa shape index (κ3) is 3.88. The molecule has 0 saturated heterocycles. The Balaban J connectivity index is 1.55. The second-order valence-electron chi connectivity index (χ2n) is 6.27. The molecule has 152 valence electrons. The second kappa shape index (κ2) is 8.52. The van der Waals surface area contributed by atoms with Gasteiger partial charge in [-0.25, -0.2) is 0 Å². The number of rotatable bonds is 7. The van der Waals surface area contributed by atoms with Crippen LogP contribution in [0.2, 0.25) is 0 Å². The van der Waals surface area contributed by atoms with Crippen LogP contribution in [0, 0.1) is 0 Å². The maximum Gasteiger partial charge on any atom is 0.266 e. The number of nitrogens with one attached hydrogen (secondary N) is 1. The van der Waals surface area contributed by atoms with Crippen LogP contribution < -0.4 is 14.2 Å². The number of benzene rings is 2. The number of hydrogen-bond acceptors (Lipinski definition) is 7. The van der Waals surface area contributed by atoms with E-state index in [1.165, 1.54) is 0 Å². The highest BCUT2D eigenvalue weighted by atomic mass is 16.5. The van der Waals surface area contributed by atoms with Gasteiger partial charge in [0.05, 0.1) is 27.0 Å². The van der Waals surface area contributed by atoms with Gasteiger partial charge in [0.25, 0.3) is 5.89 Å². The Morgan fingerprint density at radius 3 is 2.27 bits per heavy atom. The molecule has 2 aromatic heterocycles. The number of aromatic amines is 1. The highest BCUT2D eigenvalue weighted by molar-refractivity contribution is 5.71. The second-order valence-corrected chi connectivity index (χ2v) is 6.27. The van der Waals surface area contributed by atoms with E-state index in [9.17, 15) is 0 Å². The number of aromatic nitrogens is 4. The maximum absolute atomic E-state index is 5.73. The summed E-state index contributed by atoms with van der Waals surface area (Å²) in [5.41, 5.74) is 3.28. The van der Waals surface area contributed by atoms with Gasteiger partial charge in [0.15, 0.2) is 11.5 Å². The van der Waals surface area contributed by atoms with Crippen molar-refractivity contribution in [2.45, 2.75) is 0 Å². The van der Waals surface area contributed by atoms with Gasteiger partial charge >= 0.3 is 0 Å². The van der Waals surface area contributed by atoms with Crippen LogP contribution in [0.25, 0.3) is 35.0 Å². The molecular weight excluding hydrogens is 384 g/mol. The van der Waals surface area contributed by atoms with Crippen LogP contribution in [0.3, 0.4) is 0 Å². The van der Waals surface area contributed by atoms with Crippen molar-refractivity contribution in [3.63, 3.8) is 0 Å². The molecule has 0 aliphatic carbocycles. The van der Waals surface area contributed by atoms with Crippen LogP contribution in [-0.4, -0.2) is 41.7 Å². The molecule has 8 nitrogen and oxygen atoms in total. The lowest BCUT2D eigenvalue weighted by Crippen LogP contribution is -1.95. The van der Waals surface area contributed by atoms with Crippen molar-refractivity contribution < 1.29 is 18.6 Å². The molecule has 0 aliphatic rings. The van der Waals surface area contributed by atoms with Crippen molar-refractivity contribution in [2.75, 3.05) is 21.3 Å². The molecule has 0 bridgehead atoms. The molecule has 0 amide bonds. The fourth-order valence-corrected chi connectivity index (χ4v) is 2.96. The molecule has 0 atom stereocenters. The lowest BCUT2D eigenvalue weighted by molar-refractivity contribution is 0.324. The number of methoxy groups -OCH3 is 3. The topological polar surface area (TPSA) is 95.3 Å². The fourth-order valence-electron chi connectivity index (χ4n) is 2.96. The summed E-state index contributed by atoms with van der Waals surface area (Å²) in [6, 6.07) is 15.4. The molecule has 4 rings (SSSR count). The zero-order chi connectivity index (χ0) is 20.9. The van der Waals surface area contributed by atoms with Gasteiger partial charge in [-0.3, -0.25) is 5.10 Å². The van der Waals surface area contributed by atoms with Crippen LogP contribution in [0.1, 0.15) is 11.5 Å². The minimum atomic E-state index is 0.356. The molecule has 4 aromatic rings. The Morgan fingerprint density at radius 1 is 0.867 bits per heavy atom. The van der Waals surface area contributed by atoms with E-state index in [1.807, 2.05) is 54.6 Å². The maximum atomic E-state index is 5.73. The molecule has 0 saturated carbocycles. The van der Waals surface area contributed by atoms with Gasteiger partial charge in [-0.05, 0) is 29.8 Å². The van der Waals surface area contributed by atoms with E-state index in [4.69, 9.17) is 18.6 Å². The van der Waals surface area contributed by atoms with Gasteiger partial charge in [-0.15, -0.1) is 10.2 Å². The lowest BCUT2D eigenvalue weighted by Gasteiger charge is -2.12. The Kier molecular flexibility index (Phi) is 5.47. The Bertz CT molecular complexity index is 1140. The summed E-state index contributed by atoms with van der Waals surface area (Å²) in [5, 5.41) is 15.4. The Labute approximate surface area is 173 Å². The van der Waals surface area contributed by atoms with Gasteiger partial charge in [0.1, 0.15) is 5.69 Å². The Morgan fingerprint density at radius 2 is 1.60 bits per heavy atom. The predicted molar refractivity (Wildman–Crippen MR) is 112 cm³/mol. The zero-order valence-corrected chi connectivity index (χ0v) is 16.7. The first-order valence-corrected chi connectivity index (χ1v) is 9.14. The molecule has 2 aromatic carbocycles. The summed E-state index contributed by atoms with van der Waals surface area (Å²) < 4.78 is 21.8. The zero-order valence-electron chi connectivity index (χ0n) is 16.7. The van der Waals surface area contributed by atoms with Gasteiger partial charge in [0.2, 0.25) is 11.6 Å². The molecule has 0 fully saturated rings. The van der Waals surface area contributed by atoms with Gasteiger partial charge in [0, 0.05) is 11.6 Å². The summed E-state index contributed by atoms with van der Waals surface area (Å²) in [6.07, 6.45) is 3.54. The van der Waals surface area contributed by atoms with Crippen molar-refractivity contribution in [3.05, 3.63) is 60.0 Å². The van der Waals surface area contributed by atoms with E-state index in [-0.39, 0.29) is 0 Å². The molecule has 0 unspecified atom stereocenters. The van der Waals surface area contributed by atoms with E-state index in [0.29, 0.717) is 34.7 Å². The predicted octanol–water partition coefficient (Wildman–Crippen LogP) is 4.32. The molecule has 0 aliphatic heterocycles. The number of ether oxygens (including phenoxy) is 3. The molecule has 30 heavy (non-hydrogen) atoms. The minimum absolute atomic E-state index is 0.356. The standard InChI is InChI=1S/C22H20N4O4/c1-27-18-11-14(12-19(28-2)21(18)29-3)9-10-20-25-26-22(30-20)17-13-16(23-24-17)15-7-5-4-6-8-15/h4-13H,1-3H3,(H,23,24)/b10-9+. The van der Waals surface area contributed by atoms with Gasteiger partial charge < -0.3 is 18.6 Å². The van der Waals surface area contributed by atoms with Crippen molar-refractivity contribution in [1.29, 1.82) is 0 Å². The van der Waals surface area contributed by atoms with Crippen molar-refractivity contribution in [3.8, 4) is 40.1 Å². The first kappa shape index (κ1) is 19.3. The van der Waals surface area contributed by atoms with Crippen molar-refractivity contribution >= 4 is 12.2 Å². The number of H-pyrrole nitrogens is 1. The molecule has 0 radical (unpaired) electrons. The minimum Gasteiger partial charge on any atom is -0.493 e. The summed E-state index contributed by atoms with van der Waals surface area (Å²) in [7, 11) is 4.71. The lowest BCUT2D eigenvalue weighted by atomic mass is 10.1. The number of hydrogen-bond donors (Lipinski definition) is 1. The normalized spacial score (nSPS) is 11.0. The largest absolute Gasteiger partial charge is 0.493 e. The monoisotopic (exact) mass is 404 g/mol. The third-order valence-corrected chi connectivity index (χ3v) is 4.42. The first-order valence-electron chi connectivity index (χ1n) is 9.14. The van der Waals surface area contributed by atoms with E-state index >= 15 is 0 Å². The summed E-state index contributed by atoms with van der Waals surface area (Å²) in [4.78, 5) is 0. The SMILES string of the molecule is COc1cc(/C=C/c2nnc(-c3cc(-c4ccccc4)n[nH]3)o2)cc(OC)c1OC. The van der Waals surface area contributed by atoms with E-state index in [2.05, 4.69) is 20.4 Å². The average molecular weight is 404 g/mol. The summed E-state index contributed by atoms with van der Waals surface area (Å²) in [6.45, 7) is 0. The summed E-state index contributed by atoms with van der Waals surface area (Å²) in [5.74, 6) is 2.37. The highest BCUT2D eigenvalue weighted by Crippen LogP contribution is 2.38. The quantitative estimate of drug-likeness (QED) is 0.490. The average Bonchev–Trinajstić information content (AvgIpc) is 3.47. The fraction of sp³-hybridized carbons (Fsp3) is 0.136. The summed E-state index contributed by atoms with van der Waals surface area (Å²) >= 11 is 0. The van der Waals surface area contributed by atoms with E-state index in [1.54, 1.807) is 27.4 Å². The third-order valence-electron chi connectivity index (χ3n) is 4.42. The molecule has 0 spiro atoms. The highest BCUT2D eigenvalue weighted by Gasteiger charge is 2.13. The van der Waals surface area contributed by atoms with Crippen LogP contribution in [0.4, 0.5) is 0 Å². The van der Waals surface area contributed by atoms with E-state index in [0.717, 1.165) is 16.8 Å². The Hall–Kier alpha value is -4.07. The van der Waals surface area contributed by atoms with Crippen LogP contribution in [0.15, 0.2) is 52.9 Å². The molecular formula is C22H20N4O4. The molecule has 1 N–H and O–H groups in total. The van der Waals surface area contributed by atoms with E-state index < -0.39 is 0 Å². The van der Waals surface area contributed by atoms with Crippen LogP contribution >= 0.6 is 0 Å². The molecule has 2 heterocycles. The van der Waals surface area contributed by atoms with Crippen molar-refractivity contribution in [1.82, 2.24) is 20.4 Å². The van der Waals surface area contributed by atoms with Gasteiger partial charge in [-0.2, -0.15) is 5.10 Å². The van der Waals surface area contributed by atoms with Gasteiger partial charge in [-0.1, -0.05) is 30.3 Å². The van der Waals surface area contributed by atoms with Crippen LogP contribution in [-0.2, 0) is 0 Å². The number of nitrogens with zero attached hydrogens (tertiary/aromatic N) is 3. The van der Waals surface area contributed by atoms with Crippen molar-refractivity contribution in [2.24, 2.45) is 0 Å². The smallest absolute Gasteiger partial charge is 0.266 e. The van der Waals surface area contributed by atoms with Crippen LogP contribution in [0.5, 0.6) is 17.2 Å². The first-order chi connectivity index (χ1) is 14.7.